The van der Waals surface area contributed by atoms with Crippen LogP contribution in [-0.2, 0) is 20.7 Å². The minimum Gasteiger partial charge on any atom is -0.464 e. The molecule has 8 heteroatoms. The molecule has 0 fully saturated rings. The molecule has 29 heavy (non-hydrogen) atoms. The Morgan fingerprint density at radius 1 is 1.14 bits per heavy atom. The molecule has 1 aromatic heterocycles. The van der Waals surface area contributed by atoms with Crippen molar-refractivity contribution in [3.63, 3.8) is 0 Å². The lowest BCUT2D eigenvalue weighted by Gasteiger charge is -2.15. The summed E-state index contributed by atoms with van der Waals surface area (Å²) in [5, 5.41) is 4.12. The molecule has 0 unspecified atom stereocenters. The van der Waals surface area contributed by atoms with Crippen molar-refractivity contribution >= 4 is 46.0 Å². The van der Waals surface area contributed by atoms with Gasteiger partial charge in [0.25, 0.3) is 5.56 Å². The Labute approximate surface area is 176 Å². The summed E-state index contributed by atoms with van der Waals surface area (Å²) in [6.45, 7) is 1.06. The summed E-state index contributed by atoms with van der Waals surface area (Å²) in [6.07, 6.45) is 0.171. The number of hydrogen-bond acceptors (Lipinski definition) is 4. The smallest absolute Gasteiger partial charge is 0.325 e. The third-order valence-electron chi connectivity index (χ3n) is 4.31. The molecule has 6 nitrogen and oxygen atoms in total. The third kappa shape index (κ3) is 4.96. The van der Waals surface area contributed by atoms with Crippen LogP contribution >= 0.6 is 23.2 Å². The Morgan fingerprint density at radius 3 is 2.62 bits per heavy atom. The van der Waals surface area contributed by atoms with Crippen LogP contribution in [0.15, 0.2) is 47.3 Å². The van der Waals surface area contributed by atoms with Crippen molar-refractivity contribution in [2.75, 3.05) is 13.2 Å². The van der Waals surface area contributed by atoms with E-state index in [-0.39, 0.29) is 31.0 Å². The Morgan fingerprint density at radius 2 is 1.90 bits per heavy atom. The largest absolute Gasteiger partial charge is 0.464 e. The zero-order valence-corrected chi connectivity index (χ0v) is 17.1. The van der Waals surface area contributed by atoms with Crippen molar-refractivity contribution in [2.24, 2.45) is 0 Å². The molecule has 0 spiro atoms. The van der Waals surface area contributed by atoms with Crippen LogP contribution in [0.3, 0.4) is 0 Å². The minimum atomic E-state index is -0.584. The Kier molecular flexibility index (Phi) is 6.56. The minimum absolute atomic E-state index is 0.0228. The van der Waals surface area contributed by atoms with Crippen molar-refractivity contribution in [3.8, 4) is 11.1 Å². The normalized spacial score (nSPS) is 10.7. The van der Waals surface area contributed by atoms with Gasteiger partial charge in [0.1, 0.15) is 6.54 Å². The summed E-state index contributed by atoms with van der Waals surface area (Å²) in [4.78, 5) is 38.2. The van der Waals surface area contributed by atoms with Gasteiger partial charge in [-0.25, -0.2) is 0 Å². The van der Waals surface area contributed by atoms with Gasteiger partial charge in [0.15, 0.2) is 0 Å². The molecule has 2 aromatic carbocycles. The van der Waals surface area contributed by atoms with E-state index in [4.69, 9.17) is 27.9 Å². The number of ether oxygens (including phenoxy) is 1. The highest BCUT2D eigenvalue weighted by molar-refractivity contribution is 6.34. The highest BCUT2D eigenvalue weighted by Crippen LogP contribution is 2.35. The lowest BCUT2D eigenvalue weighted by molar-refractivity contribution is -0.143. The standard InChI is InChI=1S/C21H18Cl2N2O4/c1-12(26)24-11-19(27)29-9-8-15-20(14-4-2-3-5-17(14)23)16-10-13(22)6-7-18(16)25-21(15)28/h2-7,10H,8-9,11H2,1H3,(H,24,26)(H,25,28). The quantitative estimate of drug-likeness (QED) is 0.580. The first-order valence-electron chi connectivity index (χ1n) is 8.86. The van der Waals surface area contributed by atoms with Gasteiger partial charge in [-0.3, -0.25) is 14.4 Å². The van der Waals surface area contributed by atoms with Crippen LogP contribution in [0.2, 0.25) is 10.0 Å². The van der Waals surface area contributed by atoms with Crippen molar-refractivity contribution in [1.82, 2.24) is 10.3 Å². The highest BCUT2D eigenvalue weighted by Gasteiger charge is 2.17. The summed E-state index contributed by atoms with van der Waals surface area (Å²) in [5.74, 6) is -0.912. The first kappa shape index (κ1) is 20.9. The van der Waals surface area contributed by atoms with Gasteiger partial charge in [-0.15, -0.1) is 0 Å². The molecule has 2 N–H and O–H groups in total. The number of amides is 1. The van der Waals surface area contributed by atoms with Gasteiger partial charge >= 0.3 is 5.97 Å². The molecule has 150 valence electrons. The number of carbonyl (C=O) groups excluding carboxylic acids is 2. The molecule has 0 aliphatic carbocycles. The summed E-state index contributed by atoms with van der Waals surface area (Å²) in [6, 6.07) is 12.4. The Balaban J connectivity index is 2.00. The van der Waals surface area contributed by atoms with Crippen LogP contribution in [0.1, 0.15) is 12.5 Å². The fraction of sp³-hybridized carbons (Fsp3) is 0.190. The van der Waals surface area contributed by atoms with Crippen LogP contribution in [0.5, 0.6) is 0 Å². The van der Waals surface area contributed by atoms with Gasteiger partial charge in [0.05, 0.1) is 6.61 Å². The van der Waals surface area contributed by atoms with Gasteiger partial charge < -0.3 is 15.0 Å². The third-order valence-corrected chi connectivity index (χ3v) is 4.88. The predicted octanol–water partition coefficient (Wildman–Crippen LogP) is 3.72. The van der Waals surface area contributed by atoms with E-state index in [0.717, 1.165) is 5.39 Å². The van der Waals surface area contributed by atoms with E-state index in [1.165, 1.54) is 6.92 Å². The lowest BCUT2D eigenvalue weighted by Crippen LogP contribution is -2.29. The molecule has 3 rings (SSSR count). The number of benzene rings is 2. The van der Waals surface area contributed by atoms with Gasteiger partial charge in [-0.1, -0.05) is 41.4 Å². The van der Waals surface area contributed by atoms with E-state index >= 15 is 0 Å². The molecule has 0 bridgehead atoms. The van der Waals surface area contributed by atoms with Crippen molar-refractivity contribution < 1.29 is 14.3 Å². The maximum absolute atomic E-state index is 12.8. The topological polar surface area (TPSA) is 88.3 Å². The van der Waals surface area contributed by atoms with E-state index in [2.05, 4.69) is 10.3 Å². The number of pyridine rings is 1. The van der Waals surface area contributed by atoms with E-state index < -0.39 is 5.97 Å². The van der Waals surface area contributed by atoms with Crippen LogP contribution in [-0.4, -0.2) is 30.0 Å². The fourth-order valence-corrected chi connectivity index (χ4v) is 3.43. The van der Waals surface area contributed by atoms with Gasteiger partial charge in [-0.05, 0) is 24.3 Å². The van der Waals surface area contributed by atoms with Crippen LogP contribution in [0.4, 0.5) is 0 Å². The summed E-state index contributed by atoms with van der Waals surface area (Å²) < 4.78 is 5.14. The molecule has 0 atom stereocenters. The number of aromatic nitrogens is 1. The molecule has 0 radical (unpaired) electrons. The van der Waals surface area contributed by atoms with Gasteiger partial charge in [-0.2, -0.15) is 0 Å². The van der Waals surface area contributed by atoms with Crippen molar-refractivity contribution in [2.45, 2.75) is 13.3 Å². The molecule has 3 aromatic rings. The average molecular weight is 433 g/mol. The highest BCUT2D eigenvalue weighted by atomic mass is 35.5. The summed E-state index contributed by atoms with van der Waals surface area (Å²) >= 11 is 12.6. The van der Waals surface area contributed by atoms with E-state index in [1.54, 1.807) is 30.3 Å². The van der Waals surface area contributed by atoms with Crippen LogP contribution < -0.4 is 10.9 Å². The number of halogens is 2. The predicted molar refractivity (Wildman–Crippen MR) is 113 cm³/mol. The fourth-order valence-electron chi connectivity index (χ4n) is 3.03. The lowest BCUT2D eigenvalue weighted by atomic mass is 9.94. The summed E-state index contributed by atoms with van der Waals surface area (Å²) in [5.41, 5.74) is 2.09. The SMILES string of the molecule is CC(=O)NCC(=O)OCCc1c(-c2ccccc2Cl)c2cc(Cl)ccc2[nH]c1=O. The maximum atomic E-state index is 12.8. The van der Waals surface area contributed by atoms with Crippen molar-refractivity contribution in [1.29, 1.82) is 0 Å². The van der Waals surface area contributed by atoms with E-state index in [0.29, 0.717) is 32.3 Å². The average Bonchev–Trinajstić information content (AvgIpc) is 2.68. The molecule has 1 heterocycles. The summed E-state index contributed by atoms with van der Waals surface area (Å²) in [7, 11) is 0. The number of esters is 1. The molecule has 0 saturated heterocycles. The van der Waals surface area contributed by atoms with Crippen LogP contribution in [0, 0.1) is 0 Å². The second kappa shape index (κ2) is 9.11. The Bertz CT molecular complexity index is 1140. The van der Waals surface area contributed by atoms with Crippen LogP contribution in [0.25, 0.3) is 22.0 Å². The van der Waals surface area contributed by atoms with Crippen molar-refractivity contribution in [3.05, 3.63) is 68.4 Å². The molecular weight excluding hydrogens is 415 g/mol. The number of carbonyl (C=O) groups is 2. The number of rotatable bonds is 6. The second-order valence-electron chi connectivity index (χ2n) is 6.36. The second-order valence-corrected chi connectivity index (χ2v) is 7.20. The Hall–Kier alpha value is -2.83. The number of H-pyrrole nitrogens is 1. The van der Waals surface area contributed by atoms with E-state index in [1.807, 2.05) is 12.1 Å². The zero-order chi connectivity index (χ0) is 21.0. The maximum Gasteiger partial charge on any atom is 0.325 e. The molecule has 0 saturated carbocycles. The monoisotopic (exact) mass is 432 g/mol. The zero-order valence-electron chi connectivity index (χ0n) is 15.6. The first-order valence-corrected chi connectivity index (χ1v) is 9.62. The van der Waals surface area contributed by atoms with E-state index in [9.17, 15) is 14.4 Å². The molecule has 0 aliphatic rings. The van der Waals surface area contributed by atoms with Gasteiger partial charge in [0, 0.05) is 51.0 Å². The molecule has 0 aliphatic heterocycles. The number of aromatic amines is 1. The first-order chi connectivity index (χ1) is 13.9. The number of nitrogens with one attached hydrogen (secondary N) is 2. The number of fused-ring (bicyclic) bond motifs is 1. The molecular formula is C21H18Cl2N2O4. The molecule has 1 amide bonds. The van der Waals surface area contributed by atoms with Gasteiger partial charge in [0.2, 0.25) is 5.91 Å². The number of hydrogen-bond donors (Lipinski definition) is 2.